The first kappa shape index (κ1) is 19.3. The maximum atomic E-state index is 14.9. The van der Waals surface area contributed by atoms with Crippen LogP contribution in [0.3, 0.4) is 0 Å². The molecule has 3 aliphatic rings. The molecule has 0 saturated carbocycles. The van der Waals surface area contributed by atoms with Gasteiger partial charge in [-0.2, -0.15) is 0 Å². The summed E-state index contributed by atoms with van der Waals surface area (Å²) in [5.74, 6) is -0.857. The van der Waals surface area contributed by atoms with Crippen molar-refractivity contribution in [2.24, 2.45) is 0 Å². The standard InChI is InChI=1S/C20H24FN5O4/c1-14-11-22-23-26(14)13-16-12-25(19(27)30-16)15-2-3-18(17(21)10-15)24-6-4-20(5-7-24)28-8-9-29-20/h2-3,10-11,16H,4-9,12-13H2,1H3/t16-/m1/s1. The molecule has 1 spiro atoms. The summed E-state index contributed by atoms with van der Waals surface area (Å²) in [4.78, 5) is 15.8. The number of aryl methyl sites for hydroxylation is 1. The highest BCUT2D eigenvalue weighted by atomic mass is 19.1. The zero-order valence-electron chi connectivity index (χ0n) is 16.8. The van der Waals surface area contributed by atoms with Crippen LogP contribution >= 0.6 is 0 Å². The number of nitrogens with zero attached hydrogens (tertiary/aromatic N) is 5. The lowest BCUT2D eigenvalue weighted by atomic mass is 10.0. The first-order valence-corrected chi connectivity index (χ1v) is 10.2. The Hall–Kier alpha value is -2.72. The number of anilines is 2. The van der Waals surface area contributed by atoms with E-state index in [9.17, 15) is 9.18 Å². The minimum absolute atomic E-state index is 0.331. The van der Waals surface area contributed by atoms with Gasteiger partial charge in [0.15, 0.2) is 5.79 Å². The molecule has 1 aromatic carbocycles. The number of halogens is 1. The van der Waals surface area contributed by atoms with Gasteiger partial charge in [-0.05, 0) is 25.1 Å². The molecule has 1 aromatic heterocycles. The average Bonchev–Trinajstić information content (AvgIpc) is 3.45. The molecule has 0 radical (unpaired) electrons. The van der Waals surface area contributed by atoms with E-state index in [0.717, 1.165) is 5.69 Å². The van der Waals surface area contributed by atoms with E-state index in [0.29, 0.717) is 63.6 Å². The van der Waals surface area contributed by atoms with E-state index >= 15 is 0 Å². The molecule has 5 rings (SSSR count). The lowest BCUT2D eigenvalue weighted by Crippen LogP contribution is -2.45. The smallest absolute Gasteiger partial charge is 0.414 e. The van der Waals surface area contributed by atoms with Crippen LogP contribution in [0.5, 0.6) is 0 Å². The van der Waals surface area contributed by atoms with Crippen LogP contribution in [0, 0.1) is 12.7 Å². The van der Waals surface area contributed by atoms with Gasteiger partial charge in [-0.15, -0.1) is 5.10 Å². The SMILES string of the molecule is Cc1cnnn1C[C@H]1CN(c2ccc(N3CCC4(CC3)OCCO4)c(F)c2)C(=O)O1. The summed E-state index contributed by atoms with van der Waals surface area (Å²) < 4.78 is 33.5. The molecule has 1 atom stereocenters. The van der Waals surface area contributed by atoms with Gasteiger partial charge in [-0.1, -0.05) is 5.21 Å². The molecule has 3 saturated heterocycles. The number of benzene rings is 1. The first-order valence-electron chi connectivity index (χ1n) is 10.2. The predicted molar refractivity (Wildman–Crippen MR) is 105 cm³/mol. The number of carbonyl (C=O) groups is 1. The van der Waals surface area contributed by atoms with Gasteiger partial charge in [0.2, 0.25) is 0 Å². The summed E-state index contributed by atoms with van der Waals surface area (Å²) in [5.41, 5.74) is 1.89. The second kappa shape index (κ2) is 7.51. The van der Waals surface area contributed by atoms with Crippen molar-refractivity contribution in [2.75, 3.05) is 42.6 Å². The largest absolute Gasteiger partial charge is 0.442 e. The van der Waals surface area contributed by atoms with Crippen molar-refractivity contribution >= 4 is 17.5 Å². The minimum atomic E-state index is -0.496. The molecular formula is C20H24FN5O4. The molecule has 0 bridgehead atoms. The van der Waals surface area contributed by atoms with Crippen LogP contribution in [0.1, 0.15) is 18.5 Å². The molecule has 0 aliphatic carbocycles. The predicted octanol–water partition coefficient (Wildman–Crippen LogP) is 2.09. The molecule has 160 valence electrons. The van der Waals surface area contributed by atoms with E-state index in [1.807, 2.05) is 11.8 Å². The van der Waals surface area contributed by atoms with E-state index in [2.05, 4.69) is 10.3 Å². The van der Waals surface area contributed by atoms with Crippen LogP contribution < -0.4 is 9.80 Å². The zero-order chi connectivity index (χ0) is 20.7. The van der Waals surface area contributed by atoms with Crippen LogP contribution in [0.2, 0.25) is 0 Å². The van der Waals surface area contributed by atoms with Crippen molar-refractivity contribution in [3.8, 4) is 0 Å². The third-order valence-corrected chi connectivity index (χ3v) is 5.98. The number of carbonyl (C=O) groups excluding carboxylic acids is 1. The van der Waals surface area contributed by atoms with Crippen LogP contribution in [0.4, 0.5) is 20.6 Å². The van der Waals surface area contributed by atoms with Crippen molar-refractivity contribution in [1.82, 2.24) is 15.0 Å². The highest BCUT2D eigenvalue weighted by Crippen LogP contribution is 2.35. The number of cyclic esters (lactones) is 1. The normalized spacial score (nSPS) is 23.4. The van der Waals surface area contributed by atoms with Crippen LogP contribution in [-0.2, 0) is 20.8 Å². The van der Waals surface area contributed by atoms with E-state index < -0.39 is 11.9 Å². The highest BCUT2D eigenvalue weighted by molar-refractivity contribution is 5.90. The highest BCUT2D eigenvalue weighted by Gasteiger charge is 2.40. The summed E-state index contributed by atoms with van der Waals surface area (Å²) in [6.45, 7) is 5.17. The summed E-state index contributed by atoms with van der Waals surface area (Å²) in [6.07, 6.45) is 2.20. The Kier molecular flexibility index (Phi) is 4.82. The zero-order valence-corrected chi connectivity index (χ0v) is 16.8. The third-order valence-electron chi connectivity index (χ3n) is 5.98. The number of ether oxygens (including phenoxy) is 3. The fraction of sp³-hybridized carbons (Fsp3) is 0.550. The number of piperidine rings is 1. The number of hydrogen-bond acceptors (Lipinski definition) is 7. The van der Waals surface area contributed by atoms with Gasteiger partial charge >= 0.3 is 6.09 Å². The Morgan fingerprint density at radius 1 is 1.23 bits per heavy atom. The maximum absolute atomic E-state index is 14.9. The van der Waals surface area contributed by atoms with Crippen molar-refractivity contribution in [3.63, 3.8) is 0 Å². The Balaban J connectivity index is 1.25. The van der Waals surface area contributed by atoms with Gasteiger partial charge in [0.05, 0.1) is 49.6 Å². The molecular weight excluding hydrogens is 393 g/mol. The van der Waals surface area contributed by atoms with E-state index in [-0.39, 0.29) is 11.9 Å². The Morgan fingerprint density at radius 3 is 2.67 bits per heavy atom. The minimum Gasteiger partial charge on any atom is -0.442 e. The Bertz CT molecular complexity index is 935. The second-order valence-electron chi connectivity index (χ2n) is 7.90. The summed E-state index contributed by atoms with van der Waals surface area (Å²) in [5, 5.41) is 7.82. The molecule has 0 N–H and O–H groups in total. The van der Waals surface area contributed by atoms with Crippen LogP contribution in [0.15, 0.2) is 24.4 Å². The Labute approximate surface area is 173 Å². The maximum Gasteiger partial charge on any atom is 0.414 e. The molecule has 3 aliphatic heterocycles. The van der Waals surface area contributed by atoms with E-state index in [4.69, 9.17) is 14.2 Å². The molecule has 30 heavy (non-hydrogen) atoms. The number of aromatic nitrogens is 3. The molecule has 2 aromatic rings. The van der Waals surface area contributed by atoms with Crippen molar-refractivity contribution in [1.29, 1.82) is 0 Å². The number of rotatable bonds is 4. The molecule has 3 fully saturated rings. The second-order valence-corrected chi connectivity index (χ2v) is 7.90. The summed E-state index contributed by atoms with van der Waals surface area (Å²) in [6, 6.07) is 4.88. The van der Waals surface area contributed by atoms with Gasteiger partial charge in [-0.3, -0.25) is 4.90 Å². The van der Waals surface area contributed by atoms with Crippen molar-refractivity contribution < 1.29 is 23.4 Å². The summed E-state index contributed by atoms with van der Waals surface area (Å²) >= 11 is 0. The quantitative estimate of drug-likeness (QED) is 0.753. The molecule has 1 amide bonds. The van der Waals surface area contributed by atoms with Gasteiger partial charge in [0.1, 0.15) is 11.9 Å². The lowest BCUT2D eigenvalue weighted by Gasteiger charge is -2.38. The number of amides is 1. The van der Waals surface area contributed by atoms with E-state index in [1.54, 1.807) is 23.0 Å². The number of hydrogen-bond donors (Lipinski definition) is 0. The lowest BCUT2D eigenvalue weighted by molar-refractivity contribution is -0.169. The topological polar surface area (TPSA) is 82.0 Å². The van der Waals surface area contributed by atoms with Gasteiger partial charge in [0.25, 0.3) is 0 Å². The van der Waals surface area contributed by atoms with Crippen LogP contribution in [-0.4, -0.2) is 65.8 Å². The molecule has 0 unspecified atom stereocenters. The fourth-order valence-electron chi connectivity index (χ4n) is 4.30. The summed E-state index contributed by atoms with van der Waals surface area (Å²) in [7, 11) is 0. The molecule has 10 heteroatoms. The first-order chi connectivity index (χ1) is 14.5. The molecule has 4 heterocycles. The molecule has 9 nitrogen and oxygen atoms in total. The monoisotopic (exact) mass is 417 g/mol. The van der Waals surface area contributed by atoms with Crippen LogP contribution in [0.25, 0.3) is 0 Å². The van der Waals surface area contributed by atoms with Crippen molar-refractivity contribution in [3.05, 3.63) is 35.9 Å². The van der Waals surface area contributed by atoms with Gasteiger partial charge in [-0.25, -0.2) is 13.9 Å². The van der Waals surface area contributed by atoms with Gasteiger partial charge in [0, 0.05) is 25.9 Å². The third kappa shape index (κ3) is 3.50. The fourth-order valence-corrected chi connectivity index (χ4v) is 4.30. The van der Waals surface area contributed by atoms with Crippen molar-refractivity contribution in [2.45, 2.75) is 38.2 Å². The van der Waals surface area contributed by atoms with Gasteiger partial charge < -0.3 is 19.1 Å². The van der Waals surface area contributed by atoms with E-state index in [1.165, 1.54) is 11.0 Å². The Morgan fingerprint density at radius 2 is 2.00 bits per heavy atom. The average molecular weight is 417 g/mol.